The number of hydrogen-bond donors (Lipinski definition) is 0. The zero-order chi connectivity index (χ0) is 13.3. The van der Waals surface area contributed by atoms with Crippen LogP contribution < -0.4 is 0 Å². The molecule has 0 spiro atoms. The highest BCUT2D eigenvalue weighted by Gasteiger charge is 2.34. The van der Waals surface area contributed by atoms with Crippen LogP contribution in [0.25, 0.3) is 0 Å². The Hall–Kier alpha value is 0.230. The van der Waals surface area contributed by atoms with Gasteiger partial charge >= 0.3 is 0 Å². The minimum absolute atomic E-state index is 0.425. The van der Waals surface area contributed by atoms with Gasteiger partial charge in [0.1, 0.15) is 0 Å². The quantitative estimate of drug-likeness (QED) is 0.352. The van der Waals surface area contributed by atoms with Crippen LogP contribution in [-0.2, 0) is 4.57 Å². The summed E-state index contributed by atoms with van der Waals surface area (Å²) >= 11 is 0. The van der Waals surface area contributed by atoms with Crippen LogP contribution in [0.15, 0.2) is 0 Å². The second-order valence-corrected chi connectivity index (χ2v) is 9.13. The van der Waals surface area contributed by atoms with E-state index in [9.17, 15) is 4.57 Å². The van der Waals surface area contributed by atoms with Crippen molar-refractivity contribution in [1.82, 2.24) is 0 Å². The van der Waals surface area contributed by atoms with Gasteiger partial charge in [-0.3, -0.25) is 0 Å². The fraction of sp³-hybridized carbons (Fsp3) is 1.00. The summed E-state index contributed by atoms with van der Waals surface area (Å²) in [7, 11) is -1.96. The van der Waals surface area contributed by atoms with E-state index in [1.165, 1.54) is 25.7 Å². The van der Waals surface area contributed by atoms with Gasteiger partial charge in [-0.05, 0) is 25.7 Å². The van der Waals surface area contributed by atoms with Crippen molar-refractivity contribution >= 4 is 7.14 Å². The van der Waals surface area contributed by atoms with Gasteiger partial charge in [0, 0.05) is 17.5 Å². The minimum atomic E-state index is -1.96. The van der Waals surface area contributed by atoms with Crippen LogP contribution in [0.1, 0.15) is 79.6 Å². The molecule has 2 atom stereocenters. The van der Waals surface area contributed by atoms with E-state index in [0.29, 0.717) is 11.3 Å². The first-order chi connectivity index (χ1) is 8.06. The molecule has 2 heteroatoms. The van der Waals surface area contributed by atoms with Crippen molar-refractivity contribution < 1.29 is 4.57 Å². The molecule has 0 saturated heterocycles. The summed E-state index contributed by atoms with van der Waals surface area (Å²) in [6, 6.07) is 0. The van der Waals surface area contributed by atoms with Gasteiger partial charge in [0.2, 0.25) is 0 Å². The van der Waals surface area contributed by atoms with Crippen molar-refractivity contribution in [1.29, 1.82) is 0 Å². The summed E-state index contributed by atoms with van der Waals surface area (Å²) in [5.74, 6) is 0. The normalized spacial score (nSPS) is 17.1. The van der Waals surface area contributed by atoms with Gasteiger partial charge in [-0.1, -0.05) is 53.9 Å². The Kier molecular flexibility index (Phi) is 9.32. The topological polar surface area (TPSA) is 17.1 Å². The standard InChI is InChI=1S/C15H33OP/c1-6-10-11-12-13-17(16,14(5)7-2)15(8-3)9-4/h14-15H,6-13H2,1-5H3. The molecule has 0 aliphatic rings. The van der Waals surface area contributed by atoms with E-state index < -0.39 is 7.14 Å². The van der Waals surface area contributed by atoms with Gasteiger partial charge in [0.25, 0.3) is 0 Å². The van der Waals surface area contributed by atoms with E-state index in [1.807, 2.05) is 0 Å². The summed E-state index contributed by atoms with van der Waals surface area (Å²) in [5.41, 5.74) is 0.896. The highest BCUT2D eigenvalue weighted by Crippen LogP contribution is 2.58. The highest BCUT2D eigenvalue weighted by molar-refractivity contribution is 7.65. The average Bonchev–Trinajstić information content (AvgIpc) is 2.35. The molecular formula is C15H33OP. The lowest BCUT2D eigenvalue weighted by molar-refractivity contribution is 0.540. The van der Waals surface area contributed by atoms with Crippen LogP contribution in [-0.4, -0.2) is 17.5 Å². The van der Waals surface area contributed by atoms with Gasteiger partial charge < -0.3 is 4.57 Å². The van der Waals surface area contributed by atoms with E-state index in [4.69, 9.17) is 0 Å². The lowest BCUT2D eigenvalue weighted by atomic mass is 10.2. The summed E-state index contributed by atoms with van der Waals surface area (Å²) < 4.78 is 13.3. The van der Waals surface area contributed by atoms with Gasteiger partial charge in [-0.25, -0.2) is 0 Å². The summed E-state index contributed by atoms with van der Waals surface area (Å²) in [6.07, 6.45) is 9.23. The fourth-order valence-electron chi connectivity index (χ4n) is 2.76. The molecule has 0 rings (SSSR count). The summed E-state index contributed by atoms with van der Waals surface area (Å²) in [6.45, 7) is 11.0. The Morgan fingerprint density at radius 1 is 0.882 bits per heavy atom. The molecule has 0 heterocycles. The first-order valence-corrected chi connectivity index (χ1v) is 9.68. The van der Waals surface area contributed by atoms with Crippen molar-refractivity contribution in [2.24, 2.45) is 0 Å². The molecule has 0 aromatic carbocycles. The predicted molar refractivity (Wildman–Crippen MR) is 80.7 cm³/mol. The average molecular weight is 260 g/mol. The smallest absolute Gasteiger partial charge is 0.0932 e. The Labute approximate surface area is 109 Å². The Morgan fingerprint density at radius 3 is 1.88 bits per heavy atom. The monoisotopic (exact) mass is 260 g/mol. The molecule has 0 N–H and O–H groups in total. The van der Waals surface area contributed by atoms with E-state index in [2.05, 4.69) is 34.6 Å². The zero-order valence-electron chi connectivity index (χ0n) is 12.7. The lowest BCUT2D eigenvalue weighted by Crippen LogP contribution is -2.18. The molecule has 0 fully saturated rings. The van der Waals surface area contributed by atoms with Crippen LogP contribution in [0.3, 0.4) is 0 Å². The Morgan fingerprint density at radius 2 is 1.47 bits per heavy atom. The maximum atomic E-state index is 13.3. The molecule has 17 heavy (non-hydrogen) atoms. The van der Waals surface area contributed by atoms with Crippen molar-refractivity contribution in [2.45, 2.75) is 90.9 Å². The Bertz CT molecular complexity index is 221. The van der Waals surface area contributed by atoms with Crippen LogP contribution in [0.2, 0.25) is 0 Å². The SMILES string of the molecule is CCCCCCP(=O)(C(C)CC)C(CC)CC. The maximum absolute atomic E-state index is 13.3. The fourth-order valence-corrected chi connectivity index (χ4v) is 6.86. The molecule has 0 radical (unpaired) electrons. The highest BCUT2D eigenvalue weighted by atomic mass is 31.2. The molecule has 104 valence electrons. The van der Waals surface area contributed by atoms with Gasteiger partial charge in [0.05, 0.1) is 7.14 Å². The van der Waals surface area contributed by atoms with Crippen molar-refractivity contribution in [3.63, 3.8) is 0 Å². The lowest BCUT2D eigenvalue weighted by Gasteiger charge is -2.31. The molecule has 0 aliphatic carbocycles. The van der Waals surface area contributed by atoms with Crippen LogP contribution in [0.5, 0.6) is 0 Å². The van der Waals surface area contributed by atoms with Crippen LogP contribution >= 0.6 is 7.14 Å². The van der Waals surface area contributed by atoms with Crippen molar-refractivity contribution in [3.05, 3.63) is 0 Å². The minimum Gasteiger partial charge on any atom is -0.323 e. The third-order valence-electron chi connectivity index (χ3n) is 4.26. The second-order valence-electron chi connectivity index (χ2n) is 5.37. The molecule has 0 amide bonds. The molecule has 0 bridgehead atoms. The van der Waals surface area contributed by atoms with Gasteiger partial charge in [-0.15, -0.1) is 0 Å². The molecule has 0 aromatic rings. The zero-order valence-corrected chi connectivity index (χ0v) is 13.6. The number of rotatable bonds is 10. The predicted octanol–water partition coefficient (Wildman–Crippen LogP) is 5.92. The number of hydrogen-bond acceptors (Lipinski definition) is 1. The van der Waals surface area contributed by atoms with E-state index in [0.717, 1.165) is 25.4 Å². The second kappa shape index (κ2) is 9.20. The maximum Gasteiger partial charge on any atom is 0.0932 e. The first kappa shape index (κ1) is 17.2. The third-order valence-corrected chi connectivity index (χ3v) is 9.10. The van der Waals surface area contributed by atoms with E-state index in [1.54, 1.807) is 0 Å². The van der Waals surface area contributed by atoms with Gasteiger partial charge in [0.15, 0.2) is 0 Å². The molecule has 2 unspecified atom stereocenters. The largest absolute Gasteiger partial charge is 0.323 e. The van der Waals surface area contributed by atoms with E-state index in [-0.39, 0.29) is 0 Å². The molecule has 0 aromatic heterocycles. The van der Waals surface area contributed by atoms with Crippen LogP contribution in [0.4, 0.5) is 0 Å². The Balaban J connectivity index is 4.55. The third kappa shape index (κ3) is 5.16. The summed E-state index contributed by atoms with van der Waals surface area (Å²) in [5, 5.41) is 0. The molecular weight excluding hydrogens is 227 g/mol. The van der Waals surface area contributed by atoms with Gasteiger partial charge in [-0.2, -0.15) is 0 Å². The molecule has 0 aliphatic heterocycles. The van der Waals surface area contributed by atoms with Crippen molar-refractivity contribution in [2.75, 3.05) is 6.16 Å². The summed E-state index contributed by atoms with van der Waals surface area (Å²) in [4.78, 5) is 0. The van der Waals surface area contributed by atoms with Crippen LogP contribution in [0, 0.1) is 0 Å². The van der Waals surface area contributed by atoms with Crippen molar-refractivity contribution in [3.8, 4) is 0 Å². The first-order valence-electron chi connectivity index (χ1n) is 7.65. The number of unbranched alkanes of at least 4 members (excludes halogenated alkanes) is 3. The molecule has 1 nitrogen and oxygen atoms in total. The molecule has 0 saturated carbocycles. The van der Waals surface area contributed by atoms with E-state index >= 15 is 0 Å².